The first-order chi connectivity index (χ1) is 8.92. The zero-order valence-corrected chi connectivity index (χ0v) is 12.0. The molecule has 2 aromatic rings. The van der Waals surface area contributed by atoms with Gasteiger partial charge in [-0.25, -0.2) is 10.1 Å². The average molecular weight is 319 g/mol. The van der Waals surface area contributed by atoms with Gasteiger partial charge in [0.2, 0.25) is 0 Å². The van der Waals surface area contributed by atoms with Crippen molar-refractivity contribution in [1.82, 2.24) is 4.98 Å². The molecule has 19 heavy (non-hydrogen) atoms. The van der Waals surface area contributed by atoms with Gasteiger partial charge in [0.15, 0.2) is 0 Å². The number of hydrogen-bond acceptors (Lipinski definition) is 5. The summed E-state index contributed by atoms with van der Waals surface area (Å²) in [4.78, 5) is 4.11. The van der Waals surface area contributed by atoms with Gasteiger partial charge in [-0.3, -0.25) is 4.72 Å². The Morgan fingerprint density at radius 2 is 2.11 bits per heavy atom. The van der Waals surface area contributed by atoms with E-state index in [0.29, 0.717) is 16.6 Å². The molecule has 1 heterocycles. The lowest BCUT2D eigenvalue weighted by molar-refractivity contribution is 0.603. The highest BCUT2D eigenvalue weighted by atomic mass is 35.5. The average Bonchev–Trinajstić information content (AvgIpc) is 2.71. The lowest BCUT2D eigenvalue weighted by Crippen LogP contribution is -2.21. The maximum absolute atomic E-state index is 10.9. The van der Waals surface area contributed by atoms with Crippen molar-refractivity contribution in [2.45, 2.75) is 6.54 Å². The molecule has 9 heteroatoms. The van der Waals surface area contributed by atoms with Crippen LogP contribution in [0, 0.1) is 0 Å². The maximum atomic E-state index is 10.9. The van der Waals surface area contributed by atoms with Gasteiger partial charge in [-0.2, -0.15) is 8.42 Å². The van der Waals surface area contributed by atoms with Gasteiger partial charge >= 0.3 is 0 Å². The normalized spacial score (nSPS) is 11.3. The number of benzene rings is 1. The summed E-state index contributed by atoms with van der Waals surface area (Å²) >= 11 is 7.16. The number of anilines is 2. The van der Waals surface area contributed by atoms with Crippen molar-refractivity contribution in [1.29, 1.82) is 0 Å². The van der Waals surface area contributed by atoms with Gasteiger partial charge in [0, 0.05) is 5.69 Å². The predicted molar refractivity (Wildman–Crippen MR) is 77.6 cm³/mol. The number of nitrogens with one attached hydrogen (secondary N) is 2. The third kappa shape index (κ3) is 4.67. The molecular formula is C10H11ClN4O2S2. The number of hydrogen-bond donors (Lipinski definition) is 3. The summed E-state index contributed by atoms with van der Waals surface area (Å²) in [5.74, 6) is 0. The molecule has 0 bridgehead atoms. The molecule has 1 aromatic heterocycles. The Morgan fingerprint density at radius 1 is 1.37 bits per heavy atom. The first-order valence-electron chi connectivity index (χ1n) is 5.17. The van der Waals surface area contributed by atoms with Crippen molar-refractivity contribution in [3.05, 3.63) is 39.8 Å². The first-order valence-corrected chi connectivity index (χ1v) is 7.91. The van der Waals surface area contributed by atoms with Crippen molar-refractivity contribution in [3.8, 4) is 0 Å². The molecule has 0 aliphatic rings. The fraction of sp³-hybridized carbons (Fsp3) is 0.100. The summed E-state index contributed by atoms with van der Waals surface area (Å²) in [7, 11) is -3.76. The van der Waals surface area contributed by atoms with Gasteiger partial charge in [-0.15, -0.1) is 11.3 Å². The van der Waals surface area contributed by atoms with Crippen LogP contribution in [0.15, 0.2) is 30.5 Å². The summed E-state index contributed by atoms with van der Waals surface area (Å²) in [5.41, 5.74) is 1.14. The lowest BCUT2D eigenvalue weighted by Gasteiger charge is -2.07. The van der Waals surface area contributed by atoms with E-state index < -0.39 is 10.2 Å². The molecule has 6 nitrogen and oxygen atoms in total. The molecule has 0 saturated carbocycles. The van der Waals surface area contributed by atoms with Crippen LogP contribution >= 0.6 is 22.9 Å². The Labute approximate surface area is 119 Å². The molecule has 102 valence electrons. The predicted octanol–water partition coefficient (Wildman–Crippen LogP) is 2.02. The first kappa shape index (κ1) is 14.1. The minimum atomic E-state index is -3.76. The third-order valence-corrected chi connectivity index (χ3v) is 3.73. The van der Waals surface area contributed by atoms with Gasteiger partial charge < -0.3 is 5.32 Å². The molecule has 0 spiro atoms. The number of aromatic nitrogens is 1. The van der Waals surface area contributed by atoms with Gasteiger partial charge in [-0.05, 0) is 18.2 Å². The molecule has 2 rings (SSSR count). The summed E-state index contributed by atoms with van der Waals surface area (Å²) in [6.45, 7) is 0.510. The second-order valence-corrected chi connectivity index (χ2v) is 6.68. The second-order valence-electron chi connectivity index (χ2n) is 3.64. The molecule has 1 aromatic carbocycles. The molecule has 0 aliphatic heterocycles. The van der Waals surface area contributed by atoms with Crippen molar-refractivity contribution in [3.63, 3.8) is 0 Å². The minimum Gasteiger partial charge on any atom is -0.378 e. The number of nitrogens with zero attached hydrogens (tertiary/aromatic N) is 1. The molecular weight excluding hydrogens is 308 g/mol. The van der Waals surface area contributed by atoms with Crippen LogP contribution in [0.3, 0.4) is 0 Å². The lowest BCUT2D eigenvalue weighted by atomic mass is 10.3. The topological polar surface area (TPSA) is 97.1 Å². The van der Waals surface area contributed by atoms with E-state index in [-0.39, 0.29) is 0 Å². The van der Waals surface area contributed by atoms with Gasteiger partial charge in [-0.1, -0.05) is 17.7 Å². The van der Waals surface area contributed by atoms with Gasteiger partial charge in [0.1, 0.15) is 9.34 Å². The van der Waals surface area contributed by atoms with Crippen LogP contribution in [0.25, 0.3) is 0 Å². The van der Waals surface area contributed by atoms with Crippen LogP contribution in [-0.4, -0.2) is 13.4 Å². The Kier molecular flexibility index (Phi) is 4.25. The Bertz CT molecular complexity index is 672. The van der Waals surface area contributed by atoms with Gasteiger partial charge in [0.25, 0.3) is 10.2 Å². The number of thiazole rings is 1. The molecule has 0 unspecified atom stereocenters. The van der Waals surface area contributed by atoms with Crippen LogP contribution < -0.4 is 15.2 Å². The van der Waals surface area contributed by atoms with Crippen LogP contribution in [0.5, 0.6) is 0 Å². The summed E-state index contributed by atoms with van der Waals surface area (Å²) in [6, 6.07) is 6.77. The summed E-state index contributed by atoms with van der Waals surface area (Å²) in [5, 5.41) is 8.86. The van der Waals surface area contributed by atoms with E-state index in [1.165, 1.54) is 11.3 Å². The van der Waals surface area contributed by atoms with Crippen molar-refractivity contribution >= 4 is 44.5 Å². The molecule has 0 atom stereocenters. The van der Waals surface area contributed by atoms with E-state index in [1.54, 1.807) is 24.4 Å². The highest BCUT2D eigenvalue weighted by Gasteiger charge is 2.04. The Balaban J connectivity index is 2.03. The van der Waals surface area contributed by atoms with E-state index in [2.05, 4.69) is 15.0 Å². The SMILES string of the molecule is NS(=O)(=O)Nc1cccc(NCc2ncc(Cl)s2)c1. The van der Waals surface area contributed by atoms with Crippen LogP contribution in [0.4, 0.5) is 11.4 Å². The monoisotopic (exact) mass is 318 g/mol. The quantitative estimate of drug-likeness (QED) is 0.785. The molecule has 0 saturated heterocycles. The van der Waals surface area contributed by atoms with E-state index in [9.17, 15) is 8.42 Å². The molecule has 0 aliphatic carbocycles. The third-order valence-electron chi connectivity index (χ3n) is 2.09. The number of rotatable bonds is 5. The smallest absolute Gasteiger partial charge is 0.296 e. The van der Waals surface area contributed by atoms with E-state index in [1.807, 2.05) is 6.07 Å². The summed E-state index contributed by atoms with van der Waals surface area (Å²) < 4.78 is 24.7. The van der Waals surface area contributed by atoms with E-state index in [0.717, 1.165) is 10.7 Å². The number of nitrogens with two attached hydrogens (primary N) is 1. The summed E-state index contributed by atoms with van der Waals surface area (Å²) in [6.07, 6.45) is 1.59. The highest BCUT2D eigenvalue weighted by Crippen LogP contribution is 2.20. The standard InChI is InChI=1S/C10H11ClN4O2S2/c11-9-5-14-10(18-9)6-13-7-2-1-3-8(4-7)15-19(12,16)17/h1-5,13,15H,6H2,(H2,12,16,17). The van der Waals surface area contributed by atoms with Crippen LogP contribution in [0.2, 0.25) is 4.34 Å². The van der Waals surface area contributed by atoms with Crippen LogP contribution in [-0.2, 0) is 16.8 Å². The second kappa shape index (κ2) is 5.74. The molecule has 0 amide bonds. The fourth-order valence-electron chi connectivity index (χ4n) is 1.40. The highest BCUT2D eigenvalue weighted by molar-refractivity contribution is 7.90. The van der Waals surface area contributed by atoms with E-state index >= 15 is 0 Å². The van der Waals surface area contributed by atoms with Crippen LogP contribution in [0.1, 0.15) is 5.01 Å². The zero-order chi connectivity index (χ0) is 13.9. The van der Waals surface area contributed by atoms with E-state index in [4.69, 9.17) is 16.7 Å². The largest absolute Gasteiger partial charge is 0.378 e. The van der Waals surface area contributed by atoms with Crippen molar-refractivity contribution < 1.29 is 8.42 Å². The molecule has 0 radical (unpaired) electrons. The maximum Gasteiger partial charge on any atom is 0.296 e. The molecule has 0 fully saturated rings. The minimum absolute atomic E-state index is 0.393. The Morgan fingerprint density at radius 3 is 2.74 bits per heavy atom. The van der Waals surface area contributed by atoms with Crippen molar-refractivity contribution in [2.24, 2.45) is 5.14 Å². The van der Waals surface area contributed by atoms with Gasteiger partial charge in [0.05, 0.1) is 18.4 Å². The Hall–Kier alpha value is -1.35. The van der Waals surface area contributed by atoms with Crippen molar-refractivity contribution in [2.75, 3.05) is 10.0 Å². The molecule has 4 N–H and O–H groups in total. The zero-order valence-electron chi connectivity index (χ0n) is 9.63. The number of halogens is 1. The fourth-order valence-corrected chi connectivity index (χ4v) is 2.76.